The van der Waals surface area contributed by atoms with Crippen LogP contribution in [0.4, 0.5) is 40.8 Å². The van der Waals surface area contributed by atoms with E-state index in [0.717, 1.165) is 29.1 Å². The molecule has 262 valence electrons. The van der Waals surface area contributed by atoms with Crippen LogP contribution in [0.2, 0.25) is 0 Å². The van der Waals surface area contributed by atoms with Gasteiger partial charge in [-0.05, 0) is 36.2 Å². The smallest absolute Gasteiger partial charge is 0.417 e. The molecule has 1 amide bonds. The number of benzene rings is 2. The lowest BCUT2D eigenvalue weighted by Gasteiger charge is -2.22. The van der Waals surface area contributed by atoms with Crippen molar-refractivity contribution < 1.29 is 49.8 Å². The summed E-state index contributed by atoms with van der Waals surface area (Å²) in [6.07, 6.45) is -7.28. The summed E-state index contributed by atoms with van der Waals surface area (Å²) >= 11 is 0. The summed E-state index contributed by atoms with van der Waals surface area (Å²) in [5.74, 6) is -6.34. The third kappa shape index (κ3) is 6.79. The highest BCUT2D eigenvalue weighted by Gasteiger charge is 2.40. The minimum atomic E-state index is -5.00. The fourth-order valence-corrected chi connectivity index (χ4v) is 5.68. The van der Waals surface area contributed by atoms with Crippen molar-refractivity contribution in [1.82, 2.24) is 19.9 Å². The SMILES string of the molecule is CCC(Nc1cc(F)c(C(=O)NC(Cc2ccc(-c3c(C(F)(F)F)c4ccncc4n(C)c3=O)c3ncccc23)C(=O)O)c(F)c1)C(F)(F)F. The van der Waals surface area contributed by atoms with Crippen LogP contribution in [0.3, 0.4) is 0 Å². The van der Waals surface area contributed by atoms with Gasteiger partial charge in [0.05, 0.1) is 28.4 Å². The minimum absolute atomic E-state index is 0.0762. The van der Waals surface area contributed by atoms with E-state index < -0.39 is 88.7 Å². The molecule has 0 bridgehead atoms. The van der Waals surface area contributed by atoms with Crippen LogP contribution in [0.1, 0.15) is 34.8 Å². The highest BCUT2D eigenvalue weighted by Crippen LogP contribution is 2.41. The van der Waals surface area contributed by atoms with Gasteiger partial charge in [0.25, 0.3) is 11.5 Å². The second-order valence-corrected chi connectivity index (χ2v) is 11.2. The van der Waals surface area contributed by atoms with Gasteiger partial charge in [0.1, 0.15) is 29.3 Å². The van der Waals surface area contributed by atoms with Crippen LogP contribution in [0, 0.1) is 11.6 Å². The van der Waals surface area contributed by atoms with Crippen molar-refractivity contribution >= 4 is 39.4 Å². The van der Waals surface area contributed by atoms with Crippen molar-refractivity contribution in [1.29, 1.82) is 0 Å². The molecule has 9 nitrogen and oxygen atoms in total. The maximum atomic E-state index is 14.9. The lowest BCUT2D eigenvalue weighted by Crippen LogP contribution is -2.43. The molecule has 0 radical (unpaired) electrons. The number of aliphatic carboxylic acids is 1. The van der Waals surface area contributed by atoms with Crippen LogP contribution in [-0.4, -0.2) is 49.8 Å². The fraction of sp³-hybridized carbons (Fsp3) is 0.242. The van der Waals surface area contributed by atoms with E-state index >= 15 is 0 Å². The first-order chi connectivity index (χ1) is 23.4. The maximum Gasteiger partial charge on any atom is 0.417 e. The normalized spacial score (nSPS) is 13.3. The van der Waals surface area contributed by atoms with Crippen LogP contribution in [0.15, 0.2) is 65.8 Å². The summed E-state index contributed by atoms with van der Waals surface area (Å²) < 4.78 is 114. The molecule has 5 rings (SSSR count). The molecule has 0 fully saturated rings. The average molecular weight is 708 g/mol. The topological polar surface area (TPSA) is 126 Å². The van der Waals surface area contributed by atoms with Gasteiger partial charge in [0.15, 0.2) is 0 Å². The summed E-state index contributed by atoms with van der Waals surface area (Å²) in [6, 6.07) is 3.23. The molecule has 5 aromatic rings. The Kier molecular flexibility index (Phi) is 9.54. The molecule has 2 atom stereocenters. The molecule has 2 aromatic carbocycles. The summed E-state index contributed by atoms with van der Waals surface area (Å²) in [5.41, 5.74) is -5.12. The largest absolute Gasteiger partial charge is 0.480 e. The number of carboxylic acids is 1. The van der Waals surface area contributed by atoms with Gasteiger partial charge in [-0.25, -0.2) is 13.6 Å². The summed E-state index contributed by atoms with van der Waals surface area (Å²) in [5, 5.41) is 13.6. The Balaban J connectivity index is 1.53. The van der Waals surface area contributed by atoms with Gasteiger partial charge < -0.3 is 20.3 Å². The van der Waals surface area contributed by atoms with Crippen molar-refractivity contribution in [2.75, 3.05) is 5.32 Å². The third-order valence-corrected chi connectivity index (χ3v) is 8.05. The Morgan fingerprint density at radius 1 is 0.980 bits per heavy atom. The van der Waals surface area contributed by atoms with Crippen LogP contribution < -0.4 is 16.2 Å². The zero-order valence-corrected chi connectivity index (χ0v) is 25.9. The average Bonchev–Trinajstić information content (AvgIpc) is 3.03. The van der Waals surface area contributed by atoms with Gasteiger partial charge >= 0.3 is 18.3 Å². The number of carbonyl (C=O) groups excluding carboxylic acids is 1. The first kappa shape index (κ1) is 35.7. The van der Waals surface area contributed by atoms with E-state index in [1.54, 1.807) is 0 Å². The van der Waals surface area contributed by atoms with Gasteiger partial charge in [0, 0.05) is 47.9 Å². The Morgan fingerprint density at radius 3 is 2.26 bits per heavy atom. The van der Waals surface area contributed by atoms with E-state index in [4.69, 9.17) is 0 Å². The molecule has 3 N–H and O–H groups in total. The molecule has 50 heavy (non-hydrogen) atoms. The number of anilines is 1. The number of hydrogen-bond acceptors (Lipinski definition) is 6. The molecular weight excluding hydrogens is 682 g/mol. The number of rotatable bonds is 9. The zero-order valence-electron chi connectivity index (χ0n) is 25.9. The van der Waals surface area contributed by atoms with Crippen LogP contribution >= 0.6 is 0 Å². The Morgan fingerprint density at radius 2 is 1.66 bits per heavy atom. The number of fused-ring (bicyclic) bond motifs is 2. The summed E-state index contributed by atoms with van der Waals surface area (Å²) in [4.78, 5) is 46.6. The number of carbonyl (C=O) groups is 2. The van der Waals surface area contributed by atoms with Gasteiger partial charge in [0.2, 0.25) is 0 Å². The lowest BCUT2D eigenvalue weighted by molar-refractivity contribution is -0.143. The summed E-state index contributed by atoms with van der Waals surface area (Å²) in [6.45, 7) is 1.20. The predicted molar refractivity (Wildman–Crippen MR) is 165 cm³/mol. The van der Waals surface area contributed by atoms with Gasteiger partial charge in [-0.2, -0.15) is 26.3 Å². The van der Waals surface area contributed by atoms with Crippen molar-refractivity contribution in [3.05, 3.63) is 99.7 Å². The molecule has 0 aliphatic heterocycles. The molecule has 0 saturated carbocycles. The number of halogens is 8. The predicted octanol–water partition coefficient (Wildman–Crippen LogP) is 6.62. The van der Waals surface area contributed by atoms with Gasteiger partial charge in [-0.3, -0.25) is 19.6 Å². The van der Waals surface area contributed by atoms with E-state index in [0.29, 0.717) is 12.1 Å². The number of hydrogen-bond donors (Lipinski definition) is 3. The molecule has 17 heteroatoms. The van der Waals surface area contributed by atoms with Crippen molar-refractivity contribution in [3.8, 4) is 11.1 Å². The Labute approximate surface area is 276 Å². The highest BCUT2D eigenvalue weighted by atomic mass is 19.4. The van der Waals surface area contributed by atoms with E-state index in [1.807, 2.05) is 10.6 Å². The first-order valence-corrected chi connectivity index (χ1v) is 14.7. The van der Waals surface area contributed by atoms with Crippen molar-refractivity contribution in [3.63, 3.8) is 0 Å². The van der Waals surface area contributed by atoms with E-state index in [9.17, 15) is 54.6 Å². The van der Waals surface area contributed by atoms with Crippen LogP contribution in [0.25, 0.3) is 32.9 Å². The highest BCUT2D eigenvalue weighted by molar-refractivity contribution is 6.00. The number of amides is 1. The van der Waals surface area contributed by atoms with Gasteiger partial charge in [-0.1, -0.05) is 25.1 Å². The lowest BCUT2D eigenvalue weighted by atomic mass is 9.92. The number of nitrogens with one attached hydrogen (secondary N) is 2. The second kappa shape index (κ2) is 13.4. The van der Waals surface area contributed by atoms with E-state index in [-0.39, 0.29) is 32.9 Å². The van der Waals surface area contributed by atoms with Gasteiger partial charge in [-0.15, -0.1) is 0 Å². The van der Waals surface area contributed by atoms with Crippen molar-refractivity contribution in [2.24, 2.45) is 7.05 Å². The number of aryl methyl sites for hydroxylation is 1. The molecule has 2 unspecified atom stereocenters. The monoisotopic (exact) mass is 707 g/mol. The minimum Gasteiger partial charge on any atom is -0.480 e. The fourth-order valence-electron chi connectivity index (χ4n) is 5.68. The molecule has 0 spiro atoms. The standard InChI is InChI=1S/C33H25F8N5O4/c1-3-24(32(36,37)38)44-16-12-20(34)26(21(35)13-16)29(47)45-22(31(49)50)11-15-6-7-19(28-17(15)5-4-9-43-28)25-27(33(39,40)41)18-8-10-42-14-23(18)46(2)30(25)48/h4-10,12-14,22,24,44H,3,11H2,1-2H3,(H,45,47)(H,49,50). The first-order valence-electron chi connectivity index (χ1n) is 14.7. The maximum absolute atomic E-state index is 14.9. The molecule has 0 aliphatic carbocycles. The van der Waals surface area contributed by atoms with E-state index in [1.165, 1.54) is 38.4 Å². The van der Waals surface area contributed by atoms with E-state index in [2.05, 4.69) is 9.97 Å². The van der Waals surface area contributed by atoms with Crippen LogP contribution in [-0.2, 0) is 24.4 Å². The number of nitrogens with zero attached hydrogens (tertiary/aromatic N) is 3. The third-order valence-electron chi connectivity index (χ3n) is 8.05. The quantitative estimate of drug-likeness (QED) is 0.147. The number of pyridine rings is 3. The summed E-state index contributed by atoms with van der Waals surface area (Å²) in [7, 11) is 1.28. The Hall–Kier alpha value is -5.61. The molecule has 3 aromatic heterocycles. The number of alkyl halides is 6. The van der Waals surface area contributed by atoms with Crippen LogP contribution in [0.5, 0.6) is 0 Å². The zero-order chi connectivity index (χ0) is 36.7. The molecule has 3 heterocycles. The molecule has 0 aliphatic rings. The molecular formula is C33H25F8N5O4. The van der Waals surface area contributed by atoms with Crippen molar-refractivity contribution in [2.45, 2.75) is 44.2 Å². The Bertz CT molecular complexity index is 2180. The second-order valence-electron chi connectivity index (χ2n) is 11.2. The number of carboxylic acid groups (broad SMARTS) is 1. The number of aromatic nitrogens is 3. The molecule has 0 saturated heterocycles.